The average molecular weight is 193 g/mol. The normalized spacial score (nSPS) is 13.1. The SMILES string of the molecule is CC(CBr)CCC([NH])=O. The Morgan fingerprint density at radius 1 is 1.78 bits per heavy atom. The van der Waals surface area contributed by atoms with Gasteiger partial charge in [-0.15, -0.1) is 0 Å². The Kier molecular flexibility index (Phi) is 4.77. The van der Waals surface area contributed by atoms with E-state index in [1.807, 2.05) is 0 Å². The van der Waals surface area contributed by atoms with E-state index in [9.17, 15) is 4.79 Å². The van der Waals surface area contributed by atoms with E-state index >= 15 is 0 Å². The number of rotatable bonds is 4. The topological polar surface area (TPSA) is 40.9 Å². The van der Waals surface area contributed by atoms with Crippen molar-refractivity contribution in [2.24, 2.45) is 5.92 Å². The zero-order valence-corrected chi connectivity index (χ0v) is 7.07. The summed E-state index contributed by atoms with van der Waals surface area (Å²) in [5, 5.41) is 0.917. The number of carbonyl (C=O) groups is 1. The molecule has 1 N–H and O–H groups in total. The Labute approximate surface area is 63.9 Å². The lowest BCUT2D eigenvalue weighted by molar-refractivity contribution is -0.118. The van der Waals surface area contributed by atoms with Gasteiger partial charge in [0.1, 0.15) is 0 Å². The molecule has 53 valence electrons. The van der Waals surface area contributed by atoms with Crippen molar-refractivity contribution in [3.8, 4) is 0 Å². The third-order valence-electron chi connectivity index (χ3n) is 1.13. The second kappa shape index (κ2) is 4.79. The van der Waals surface area contributed by atoms with Gasteiger partial charge in [0.05, 0.1) is 0 Å². The molecule has 9 heavy (non-hydrogen) atoms. The second-order valence-electron chi connectivity index (χ2n) is 2.22. The largest absolute Gasteiger partial charge is 0.273 e. The van der Waals surface area contributed by atoms with Gasteiger partial charge >= 0.3 is 0 Å². The molecule has 0 aliphatic rings. The summed E-state index contributed by atoms with van der Waals surface area (Å²) < 4.78 is 0. The van der Waals surface area contributed by atoms with Crippen molar-refractivity contribution in [2.75, 3.05) is 5.33 Å². The molecule has 0 aromatic rings. The summed E-state index contributed by atoms with van der Waals surface area (Å²) in [6.07, 6.45) is 1.22. The van der Waals surface area contributed by atoms with E-state index in [1.54, 1.807) is 0 Å². The van der Waals surface area contributed by atoms with Gasteiger partial charge in [0, 0.05) is 11.8 Å². The molecule has 1 radical (unpaired) electrons. The van der Waals surface area contributed by atoms with E-state index in [4.69, 9.17) is 5.73 Å². The predicted octanol–water partition coefficient (Wildman–Crippen LogP) is 1.61. The lowest BCUT2D eigenvalue weighted by Crippen LogP contribution is -2.02. The first-order valence-electron chi connectivity index (χ1n) is 2.97. The molecule has 1 atom stereocenters. The van der Waals surface area contributed by atoms with E-state index < -0.39 is 5.91 Å². The zero-order chi connectivity index (χ0) is 7.28. The van der Waals surface area contributed by atoms with Crippen molar-refractivity contribution in [3.05, 3.63) is 0 Å². The molecule has 0 aromatic heterocycles. The number of alkyl halides is 1. The smallest absolute Gasteiger partial charge is 0.238 e. The molecular weight excluding hydrogens is 182 g/mol. The number of nitrogens with one attached hydrogen (secondary N) is 1. The van der Waals surface area contributed by atoms with Gasteiger partial charge in [-0.05, 0) is 12.3 Å². The summed E-state index contributed by atoms with van der Waals surface area (Å²) in [5.41, 5.74) is 6.59. The summed E-state index contributed by atoms with van der Waals surface area (Å²) in [6, 6.07) is 0. The molecular formula is C6H11BrNO. The van der Waals surface area contributed by atoms with Crippen LogP contribution in [-0.2, 0) is 4.79 Å². The lowest BCUT2D eigenvalue weighted by Gasteiger charge is -2.02. The monoisotopic (exact) mass is 192 g/mol. The van der Waals surface area contributed by atoms with E-state index in [0.29, 0.717) is 12.3 Å². The fraction of sp³-hybridized carbons (Fsp3) is 0.833. The Balaban J connectivity index is 3.16. The number of hydrogen-bond donors (Lipinski definition) is 0. The van der Waals surface area contributed by atoms with E-state index in [2.05, 4.69) is 22.9 Å². The quantitative estimate of drug-likeness (QED) is 0.625. The molecule has 0 rings (SSSR count). The van der Waals surface area contributed by atoms with Crippen molar-refractivity contribution in [3.63, 3.8) is 0 Å². The minimum Gasteiger partial charge on any atom is -0.273 e. The van der Waals surface area contributed by atoms with Crippen LogP contribution in [0.1, 0.15) is 19.8 Å². The van der Waals surface area contributed by atoms with Gasteiger partial charge in [-0.2, -0.15) is 0 Å². The van der Waals surface area contributed by atoms with Crippen molar-refractivity contribution in [2.45, 2.75) is 19.8 Å². The molecule has 1 unspecified atom stereocenters. The summed E-state index contributed by atoms with van der Waals surface area (Å²) in [4.78, 5) is 10.1. The van der Waals surface area contributed by atoms with E-state index in [1.165, 1.54) is 0 Å². The van der Waals surface area contributed by atoms with Gasteiger partial charge in [0.15, 0.2) is 0 Å². The van der Waals surface area contributed by atoms with Gasteiger partial charge in [-0.1, -0.05) is 22.9 Å². The third kappa shape index (κ3) is 5.83. The summed E-state index contributed by atoms with van der Waals surface area (Å²) in [6.45, 7) is 2.05. The molecule has 0 saturated heterocycles. The molecule has 0 bridgehead atoms. The summed E-state index contributed by atoms with van der Waals surface area (Å²) in [7, 11) is 0. The van der Waals surface area contributed by atoms with Crippen LogP contribution in [0.3, 0.4) is 0 Å². The lowest BCUT2D eigenvalue weighted by atomic mass is 10.1. The first-order chi connectivity index (χ1) is 4.16. The molecule has 0 aliphatic carbocycles. The molecule has 0 heterocycles. The highest BCUT2D eigenvalue weighted by atomic mass is 79.9. The van der Waals surface area contributed by atoms with Crippen LogP contribution in [0.4, 0.5) is 0 Å². The van der Waals surface area contributed by atoms with Gasteiger partial charge in [-0.25, -0.2) is 0 Å². The number of carbonyl (C=O) groups excluding carboxylic acids is 1. The first kappa shape index (κ1) is 8.95. The van der Waals surface area contributed by atoms with Crippen LogP contribution in [-0.4, -0.2) is 11.2 Å². The van der Waals surface area contributed by atoms with Crippen LogP contribution in [0.2, 0.25) is 0 Å². The maximum absolute atomic E-state index is 10.1. The molecule has 1 amide bonds. The van der Waals surface area contributed by atoms with Gasteiger partial charge in [0.25, 0.3) is 0 Å². The van der Waals surface area contributed by atoms with Crippen molar-refractivity contribution >= 4 is 21.8 Å². The minimum absolute atomic E-state index is 0.396. The van der Waals surface area contributed by atoms with Crippen molar-refractivity contribution in [1.29, 1.82) is 0 Å². The number of halogens is 1. The number of amides is 1. The maximum Gasteiger partial charge on any atom is 0.238 e. The highest BCUT2D eigenvalue weighted by Gasteiger charge is 2.01. The van der Waals surface area contributed by atoms with Crippen molar-refractivity contribution < 1.29 is 4.79 Å². The second-order valence-corrected chi connectivity index (χ2v) is 2.87. The third-order valence-corrected chi connectivity index (χ3v) is 2.23. The average Bonchev–Trinajstić information content (AvgIpc) is 1.83. The highest BCUT2D eigenvalue weighted by molar-refractivity contribution is 9.09. The van der Waals surface area contributed by atoms with Crippen LogP contribution in [0.25, 0.3) is 0 Å². The highest BCUT2D eigenvalue weighted by Crippen LogP contribution is 2.07. The maximum atomic E-state index is 10.1. The van der Waals surface area contributed by atoms with Gasteiger partial charge < -0.3 is 0 Å². The summed E-state index contributed by atoms with van der Waals surface area (Å²) >= 11 is 3.29. The molecule has 0 aromatic carbocycles. The van der Waals surface area contributed by atoms with Gasteiger partial charge in [0.2, 0.25) is 5.91 Å². The Bertz CT molecular complexity index is 95.1. The molecule has 0 saturated carbocycles. The zero-order valence-electron chi connectivity index (χ0n) is 5.48. The predicted molar refractivity (Wildman–Crippen MR) is 40.3 cm³/mol. The minimum atomic E-state index is -0.456. The van der Waals surface area contributed by atoms with Crippen molar-refractivity contribution in [1.82, 2.24) is 5.73 Å². The van der Waals surface area contributed by atoms with Crippen LogP contribution < -0.4 is 5.73 Å². The molecule has 3 heteroatoms. The fourth-order valence-electron chi connectivity index (χ4n) is 0.455. The molecule has 2 nitrogen and oxygen atoms in total. The van der Waals surface area contributed by atoms with E-state index in [0.717, 1.165) is 11.8 Å². The first-order valence-corrected chi connectivity index (χ1v) is 4.09. The molecule has 0 aliphatic heterocycles. The Morgan fingerprint density at radius 2 is 2.33 bits per heavy atom. The molecule has 0 fully saturated rings. The Morgan fingerprint density at radius 3 is 2.67 bits per heavy atom. The summed E-state index contributed by atoms with van der Waals surface area (Å²) in [5.74, 6) is 0.0575. The van der Waals surface area contributed by atoms with E-state index in [-0.39, 0.29) is 0 Å². The standard InChI is InChI=1S/C6H11BrNO/c1-5(4-7)2-3-6(8)9/h5,8H,2-4H2,1H3. The number of hydrogen-bond acceptors (Lipinski definition) is 1. The van der Waals surface area contributed by atoms with Crippen LogP contribution >= 0.6 is 15.9 Å². The van der Waals surface area contributed by atoms with Crippen LogP contribution in [0.5, 0.6) is 0 Å². The van der Waals surface area contributed by atoms with Crippen LogP contribution in [0.15, 0.2) is 0 Å². The van der Waals surface area contributed by atoms with Gasteiger partial charge in [-0.3, -0.25) is 10.5 Å². The Hall–Kier alpha value is -0.0500. The molecule has 0 spiro atoms. The van der Waals surface area contributed by atoms with Crippen LogP contribution in [0, 0.1) is 5.92 Å². The fourth-order valence-corrected chi connectivity index (χ4v) is 0.778.